The molecule has 0 fully saturated rings. The average molecular weight is 365 g/mol. The third kappa shape index (κ3) is 4.60. The fraction of sp³-hybridized carbons (Fsp3) is 0.263. The summed E-state index contributed by atoms with van der Waals surface area (Å²) in [6.07, 6.45) is 5.51. The minimum absolute atomic E-state index is 0.107. The van der Waals surface area contributed by atoms with Crippen LogP contribution >= 0.6 is 0 Å². The predicted octanol–water partition coefficient (Wildman–Crippen LogP) is 1.89. The van der Waals surface area contributed by atoms with Crippen molar-refractivity contribution in [3.05, 3.63) is 54.1 Å². The van der Waals surface area contributed by atoms with Gasteiger partial charge in [0.05, 0.1) is 5.69 Å². The molecule has 8 nitrogen and oxygen atoms in total. The summed E-state index contributed by atoms with van der Waals surface area (Å²) in [4.78, 5) is 24.6. The lowest BCUT2D eigenvalue weighted by molar-refractivity contribution is 0.0952. The van der Waals surface area contributed by atoms with Gasteiger partial charge in [0.2, 0.25) is 5.95 Å². The van der Waals surface area contributed by atoms with Crippen LogP contribution in [0.1, 0.15) is 29.5 Å². The molecular weight excluding hydrogens is 342 g/mol. The molecule has 8 heteroatoms. The Kier molecular flexibility index (Phi) is 5.65. The first-order valence-corrected chi connectivity index (χ1v) is 8.85. The lowest BCUT2D eigenvalue weighted by Crippen LogP contribution is -2.25. The van der Waals surface area contributed by atoms with Gasteiger partial charge in [0.1, 0.15) is 11.6 Å². The Bertz CT molecular complexity index is 898. The second-order valence-corrected chi connectivity index (χ2v) is 6.11. The smallest absolute Gasteiger partial charge is 0.251 e. The zero-order chi connectivity index (χ0) is 19.2. The van der Waals surface area contributed by atoms with Crippen molar-refractivity contribution in [3.63, 3.8) is 0 Å². The fourth-order valence-electron chi connectivity index (χ4n) is 2.84. The molecule has 0 saturated carbocycles. The van der Waals surface area contributed by atoms with Gasteiger partial charge in [-0.3, -0.25) is 4.79 Å². The molecular formula is C19H23N7O. The van der Waals surface area contributed by atoms with E-state index in [-0.39, 0.29) is 11.9 Å². The number of amides is 1. The Morgan fingerprint density at radius 1 is 1.19 bits per heavy atom. The van der Waals surface area contributed by atoms with Crippen LogP contribution in [0.4, 0.5) is 11.8 Å². The summed E-state index contributed by atoms with van der Waals surface area (Å²) in [5.74, 6) is 1.38. The molecule has 0 atom stereocenters. The van der Waals surface area contributed by atoms with E-state index in [4.69, 9.17) is 11.5 Å². The fourth-order valence-corrected chi connectivity index (χ4v) is 2.84. The summed E-state index contributed by atoms with van der Waals surface area (Å²) in [6.45, 7) is 3.51. The van der Waals surface area contributed by atoms with Crippen molar-refractivity contribution in [1.82, 2.24) is 24.8 Å². The van der Waals surface area contributed by atoms with E-state index < -0.39 is 0 Å². The highest BCUT2D eigenvalue weighted by Crippen LogP contribution is 2.20. The van der Waals surface area contributed by atoms with Crippen LogP contribution in [-0.2, 0) is 13.0 Å². The van der Waals surface area contributed by atoms with Crippen molar-refractivity contribution in [2.45, 2.75) is 26.3 Å². The number of hydrogen-bond donors (Lipinski definition) is 3. The lowest BCUT2D eigenvalue weighted by atomic mass is 10.1. The monoisotopic (exact) mass is 365 g/mol. The normalized spacial score (nSPS) is 10.7. The van der Waals surface area contributed by atoms with Crippen LogP contribution in [0.5, 0.6) is 0 Å². The molecule has 5 N–H and O–H groups in total. The van der Waals surface area contributed by atoms with Gasteiger partial charge >= 0.3 is 0 Å². The number of aryl methyl sites for hydroxylation is 2. The molecule has 1 aromatic carbocycles. The molecule has 0 aliphatic heterocycles. The molecule has 0 unspecified atom stereocenters. The summed E-state index contributed by atoms with van der Waals surface area (Å²) in [5.41, 5.74) is 13.4. The Balaban J connectivity index is 1.54. The molecule has 0 bridgehead atoms. The van der Waals surface area contributed by atoms with E-state index in [1.807, 2.05) is 18.3 Å². The number of rotatable bonds is 7. The van der Waals surface area contributed by atoms with Gasteiger partial charge in [-0.05, 0) is 18.6 Å². The molecule has 0 saturated heterocycles. The highest BCUT2D eigenvalue weighted by atomic mass is 16.1. The Hall–Kier alpha value is -3.42. The van der Waals surface area contributed by atoms with E-state index in [9.17, 15) is 4.79 Å². The first-order chi connectivity index (χ1) is 13.1. The molecule has 140 valence electrons. The van der Waals surface area contributed by atoms with Crippen molar-refractivity contribution in [1.29, 1.82) is 0 Å². The number of nitrogens with zero attached hydrogens (tertiary/aromatic N) is 4. The quantitative estimate of drug-likeness (QED) is 0.549. The Morgan fingerprint density at radius 3 is 2.67 bits per heavy atom. The van der Waals surface area contributed by atoms with Crippen molar-refractivity contribution >= 4 is 17.7 Å². The van der Waals surface area contributed by atoms with Gasteiger partial charge in [0.25, 0.3) is 5.91 Å². The molecule has 2 heterocycles. The molecule has 3 aromatic rings. The van der Waals surface area contributed by atoms with E-state index in [2.05, 4.69) is 31.8 Å². The molecule has 1 amide bonds. The average Bonchev–Trinajstić information content (AvgIpc) is 3.12. The van der Waals surface area contributed by atoms with Crippen LogP contribution in [0, 0.1) is 0 Å². The maximum atomic E-state index is 12.3. The van der Waals surface area contributed by atoms with Crippen LogP contribution in [0.2, 0.25) is 0 Å². The highest BCUT2D eigenvalue weighted by Gasteiger charge is 2.08. The molecule has 0 radical (unpaired) electrons. The molecule has 27 heavy (non-hydrogen) atoms. The van der Waals surface area contributed by atoms with E-state index in [1.165, 1.54) is 0 Å². The maximum Gasteiger partial charge on any atom is 0.251 e. The number of carbonyl (C=O) groups is 1. The van der Waals surface area contributed by atoms with E-state index in [0.29, 0.717) is 23.6 Å². The minimum Gasteiger partial charge on any atom is -0.384 e. The zero-order valence-corrected chi connectivity index (χ0v) is 15.2. The van der Waals surface area contributed by atoms with Gasteiger partial charge in [-0.15, -0.1) is 0 Å². The summed E-state index contributed by atoms with van der Waals surface area (Å²) in [7, 11) is 0. The third-order valence-corrected chi connectivity index (χ3v) is 4.19. The van der Waals surface area contributed by atoms with Crippen LogP contribution in [-0.4, -0.2) is 32.0 Å². The molecule has 2 aromatic heterocycles. The number of nitrogen functional groups attached to an aromatic ring is 2. The first-order valence-electron chi connectivity index (χ1n) is 8.85. The number of imidazole rings is 1. The second-order valence-electron chi connectivity index (χ2n) is 6.11. The third-order valence-electron chi connectivity index (χ3n) is 4.19. The summed E-state index contributed by atoms with van der Waals surface area (Å²) in [6, 6.07) is 8.78. The molecule has 0 aliphatic rings. The van der Waals surface area contributed by atoms with Gasteiger partial charge in [0, 0.05) is 49.1 Å². The first kappa shape index (κ1) is 18.4. The van der Waals surface area contributed by atoms with Gasteiger partial charge in [0.15, 0.2) is 0 Å². The van der Waals surface area contributed by atoms with Gasteiger partial charge in [-0.25, -0.2) is 9.97 Å². The number of hydrogen-bond acceptors (Lipinski definition) is 6. The summed E-state index contributed by atoms with van der Waals surface area (Å²) < 4.78 is 2.11. The SMILES string of the molecule is CCc1nccn1CCCNC(=O)c1ccc(-c2cc(N)nc(N)n2)cc1. The number of benzene rings is 1. The second kappa shape index (κ2) is 8.31. The number of aromatic nitrogens is 4. The largest absolute Gasteiger partial charge is 0.384 e. The van der Waals surface area contributed by atoms with Gasteiger partial charge in [-0.1, -0.05) is 19.1 Å². The van der Waals surface area contributed by atoms with Crippen molar-refractivity contribution in [3.8, 4) is 11.3 Å². The number of nitrogens with two attached hydrogens (primary N) is 2. The molecule has 3 rings (SSSR count). The number of nitrogens with one attached hydrogen (secondary N) is 1. The minimum atomic E-state index is -0.107. The zero-order valence-electron chi connectivity index (χ0n) is 15.2. The lowest BCUT2D eigenvalue weighted by Gasteiger charge is -2.08. The standard InChI is InChI=1S/C19H23N7O/c1-2-17-22-9-11-26(17)10-3-8-23-18(27)14-6-4-13(5-7-14)15-12-16(20)25-19(21)24-15/h4-7,9,11-12H,2-3,8,10H2,1H3,(H,23,27)(H4,20,21,24,25). The van der Waals surface area contributed by atoms with Crippen LogP contribution in [0.15, 0.2) is 42.7 Å². The van der Waals surface area contributed by atoms with Crippen molar-refractivity contribution in [2.75, 3.05) is 18.0 Å². The molecule has 0 aliphatic carbocycles. The highest BCUT2D eigenvalue weighted by molar-refractivity contribution is 5.94. The number of carbonyl (C=O) groups excluding carboxylic acids is 1. The summed E-state index contributed by atoms with van der Waals surface area (Å²) >= 11 is 0. The maximum absolute atomic E-state index is 12.3. The van der Waals surface area contributed by atoms with E-state index in [0.717, 1.165) is 30.8 Å². The van der Waals surface area contributed by atoms with Crippen LogP contribution < -0.4 is 16.8 Å². The molecule has 0 spiro atoms. The topological polar surface area (TPSA) is 125 Å². The van der Waals surface area contributed by atoms with Crippen molar-refractivity contribution < 1.29 is 4.79 Å². The summed E-state index contributed by atoms with van der Waals surface area (Å²) in [5, 5.41) is 2.94. The van der Waals surface area contributed by atoms with Gasteiger partial charge < -0.3 is 21.4 Å². The van der Waals surface area contributed by atoms with Crippen LogP contribution in [0.3, 0.4) is 0 Å². The van der Waals surface area contributed by atoms with E-state index >= 15 is 0 Å². The Labute approximate surface area is 157 Å². The van der Waals surface area contributed by atoms with E-state index in [1.54, 1.807) is 24.4 Å². The number of anilines is 2. The van der Waals surface area contributed by atoms with Crippen LogP contribution in [0.25, 0.3) is 11.3 Å². The predicted molar refractivity (Wildman–Crippen MR) is 105 cm³/mol. The van der Waals surface area contributed by atoms with Gasteiger partial charge in [-0.2, -0.15) is 4.98 Å². The Morgan fingerprint density at radius 2 is 1.96 bits per heavy atom. The van der Waals surface area contributed by atoms with Crippen molar-refractivity contribution in [2.24, 2.45) is 0 Å².